The zero-order valence-corrected chi connectivity index (χ0v) is 15.9. The third kappa shape index (κ3) is 3.34. The number of piperidine rings is 1. The van der Waals surface area contributed by atoms with Crippen molar-refractivity contribution in [3.05, 3.63) is 29.3 Å². The van der Waals surface area contributed by atoms with Gasteiger partial charge in [0.25, 0.3) is 0 Å². The van der Waals surface area contributed by atoms with Gasteiger partial charge in [0.2, 0.25) is 17.7 Å². The number of carbonyl (C=O) groups is 3. The van der Waals surface area contributed by atoms with Crippen molar-refractivity contribution in [2.75, 3.05) is 11.9 Å². The largest absolute Gasteiger partial charge is 0.323 e. The van der Waals surface area contributed by atoms with Crippen LogP contribution in [0.25, 0.3) is 0 Å². The summed E-state index contributed by atoms with van der Waals surface area (Å²) < 4.78 is 0. The molecule has 1 aliphatic carbocycles. The van der Waals surface area contributed by atoms with Gasteiger partial charge in [0.1, 0.15) is 18.4 Å². The van der Waals surface area contributed by atoms with E-state index < -0.39 is 41.5 Å². The molecule has 0 bridgehead atoms. The fourth-order valence-electron chi connectivity index (χ4n) is 4.29. The Kier molecular flexibility index (Phi) is 5.67. The van der Waals surface area contributed by atoms with Gasteiger partial charge in [0.15, 0.2) is 0 Å². The average Bonchev–Trinajstić information content (AvgIpc) is 2.68. The Balaban J connectivity index is 1.84. The number of likely N-dealkylation sites (tertiary alicyclic amines) is 1. The lowest BCUT2D eigenvalue weighted by atomic mass is 9.57. The Morgan fingerprint density at radius 3 is 2.21 bits per heavy atom. The van der Waals surface area contributed by atoms with E-state index in [1.54, 1.807) is 24.3 Å². The van der Waals surface area contributed by atoms with Crippen LogP contribution in [0.3, 0.4) is 0 Å². The van der Waals surface area contributed by atoms with Crippen LogP contribution in [-0.4, -0.2) is 29.2 Å². The van der Waals surface area contributed by atoms with Gasteiger partial charge in [0, 0.05) is 5.41 Å². The number of para-hydroxylation sites is 1. The second kappa shape index (κ2) is 8.00. The van der Waals surface area contributed by atoms with E-state index in [0.717, 1.165) is 24.2 Å². The fraction of sp³-hybridized carbons (Fsp3) is 0.450. The third-order valence-electron chi connectivity index (χ3n) is 5.67. The molecule has 1 aliphatic heterocycles. The minimum atomic E-state index is -1.11. The molecule has 2 unspecified atom stereocenters. The van der Waals surface area contributed by atoms with Gasteiger partial charge in [0.05, 0.1) is 22.8 Å². The highest BCUT2D eigenvalue weighted by Gasteiger charge is 2.59. The van der Waals surface area contributed by atoms with Crippen molar-refractivity contribution in [2.24, 2.45) is 17.3 Å². The zero-order valence-electron chi connectivity index (χ0n) is 15.2. The number of hydrogen-bond acceptors (Lipinski definition) is 5. The second-order valence-electron chi connectivity index (χ2n) is 7.21. The first-order chi connectivity index (χ1) is 13.4. The van der Waals surface area contributed by atoms with E-state index in [1.165, 1.54) is 0 Å². The first-order valence-electron chi connectivity index (χ1n) is 9.13. The van der Waals surface area contributed by atoms with Gasteiger partial charge < -0.3 is 5.32 Å². The fourth-order valence-corrected chi connectivity index (χ4v) is 4.47. The number of halogens is 1. The normalized spacial score (nSPS) is 23.8. The molecule has 2 aliphatic rings. The van der Waals surface area contributed by atoms with E-state index in [0.29, 0.717) is 23.6 Å². The molecule has 1 aromatic carbocycles. The molecule has 144 valence electrons. The molecule has 0 radical (unpaired) electrons. The van der Waals surface area contributed by atoms with Gasteiger partial charge in [-0.1, -0.05) is 43.0 Å². The highest BCUT2D eigenvalue weighted by Crippen LogP contribution is 2.51. The molecular weight excluding hydrogens is 380 g/mol. The summed E-state index contributed by atoms with van der Waals surface area (Å²) in [4.78, 5) is 39.0. The van der Waals surface area contributed by atoms with Crippen molar-refractivity contribution in [1.29, 1.82) is 10.5 Å². The molecule has 2 fully saturated rings. The number of anilines is 1. The first-order valence-corrected chi connectivity index (χ1v) is 9.51. The predicted molar refractivity (Wildman–Crippen MR) is 101 cm³/mol. The quantitative estimate of drug-likeness (QED) is 0.786. The number of imide groups is 1. The molecule has 1 saturated carbocycles. The van der Waals surface area contributed by atoms with Crippen LogP contribution in [0, 0.1) is 39.9 Å². The van der Waals surface area contributed by atoms with Gasteiger partial charge in [-0.05, 0) is 25.0 Å². The van der Waals surface area contributed by atoms with Gasteiger partial charge >= 0.3 is 0 Å². The highest BCUT2D eigenvalue weighted by molar-refractivity contribution is 6.33. The maximum atomic E-state index is 12.9. The van der Waals surface area contributed by atoms with Crippen LogP contribution in [0.4, 0.5) is 5.69 Å². The van der Waals surface area contributed by atoms with Crippen molar-refractivity contribution in [3.63, 3.8) is 0 Å². The maximum Gasteiger partial charge on any atom is 0.247 e. The first kappa shape index (κ1) is 19.9. The summed E-state index contributed by atoms with van der Waals surface area (Å²) in [7, 11) is 0. The summed E-state index contributed by atoms with van der Waals surface area (Å²) in [6.07, 6.45) is 3.46. The van der Waals surface area contributed by atoms with Gasteiger partial charge in [-0.15, -0.1) is 0 Å². The Hall–Kier alpha value is -2.90. The van der Waals surface area contributed by atoms with Crippen LogP contribution in [-0.2, 0) is 14.4 Å². The standard InChI is InChI=1S/C20H19ClN4O3/c21-15-6-2-3-7-16(15)24-17(26)12-25-18(27)13(10-22)20(8-4-1-5-9-20)14(11-23)19(25)28/h2-3,6-7,13-14H,1,4-5,8-9,12H2,(H,24,26). The molecular formula is C20H19ClN4O3. The molecule has 2 atom stereocenters. The highest BCUT2D eigenvalue weighted by atomic mass is 35.5. The summed E-state index contributed by atoms with van der Waals surface area (Å²) >= 11 is 6.01. The lowest BCUT2D eigenvalue weighted by molar-refractivity contribution is -0.164. The summed E-state index contributed by atoms with van der Waals surface area (Å²) in [6, 6.07) is 10.6. The van der Waals surface area contributed by atoms with Crippen molar-refractivity contribution in [3.8, 4) is 12.1 Å². The minimum absolute atomic E-state index is 0.318. The molecule has 1 saturated heterocycles. The number of nitrogens with zero attached hydrogens (tertiary/aromatic N) is 3. The van der Waals surface area contributed by atoms with Crippen molar-refractivity contribution >= 4 is 35.0 Å². The molecule has 3 amide bonds. The Labute approximate surface area is 167 Å². The maximum absolute atomic E-state index is 12.9. The van der Waals surface area contributed by atoms with E-state index in [1.807, 2.05) is 12.1 Å². The molecule has 1 heterocycles. The van der Waals surface area contributed by atoms with E-state index in [-0.39, 0.29) is 0 Å². The van der Waals surface area contributed by atoms with Crippen LogP contribution >= 0.6 is 11.6 Å². The number of rotatable bonds is 3. The van der Waals surface area contributed by atoms with Crippen molar-refractivity contribution in [2.45, 2.75) is 32.1 Å². The van der Waals surface area contributed by atoms with Crippen molar-refractivity contribution in [1.82, 2.24) is 4.90 Å². The summed E-state index contributed by atoms with van der Waals surface area (Å²) in [5, 5.41) is 22.2. The number of nitrogens with one attached hydrogen (secondary N) is 1. The minimum Gasteiger partial charge on any atom is -0.323 e. The van der Waals surface area contributed by atoms with Crippen LogP contribution in [0.15, 0.2) is 24.3 Å². The lowest BCUT2D eigenvalue weighted by Crippen LogP contribution is -2.61. The van der Waals surface area contributed by atoms with Gasteiger partial charge in [-0.25, -0.2) is 0 Å². The number of benzene rings is 1. The molecule has 3 rings (SSSR count). The number of hydrogen-bond donors (Lipinski definition) is 1. The SMILES string of the molecule is N#CC1C(=O)N(CC(=O)Nc2ccccc2Cl)C(=O)C(C#N)C12CCCCC2. The molecule has 28 heavy (non-hydrogen) atoms. The number of amides is 3. The Morgan fingerprint density at radius 1 is 1.11 bits per heavy atom. The Bertz CT molecular complexity index is 859. The zero-order chi connectivity index (χ0) is 20.3. The monoisotopic (exact) mass is 398 g/mol. The van der Waals surface area contributed by atoms with Crippen LogP contribution in [0.5, 0.6) is 0 Å². The van der Waals surface area contributed by atoms with Gasteiger partial charge in [-0.2, -0.15) is 10.5 Å². The van der Waals surface area contributed by atoms with Crippen LogP contribution < -0.4 is 5.32 Å². The van der Waals surface area contributed by atoms with Crippen molar-refractivity contribution < 1.29 is 14.4 Å². The molecule has 1 spiro atoms. The summed E-state index contributed by atoms with van der Waals surface area (Å²) in [5.74, 6) is -4.24. The van der Waals surface area contributed by atoms with E-state index >= 15 is 0 Å². The number of nitriles is 2. The number of carbonyl (C=O) groups excluding carboxylic acids is 3. The van der Waals surface area contributed by atoms with E-state index in [2.05, 4.69) is 5.32 Å². The molecule has 1 N–H and O–H groups in total. The second-order valence-corrected chi connectivity index (χ2v) is 7.62. The average molecular weight is 399 g/mol. The van der Waals surface area contributed by atoms with Crippen LogP contribution in [0.2, 0.25) is 5.02 Å². The van der Waals surface area contributed by atoms with E-state index in [9.17, 15) is 24.9 Å². The third-order valence-corrected chi connectivity index (χ3v) is 6.00. The molecule has 8 heteroatoms. The molecule has 0 aromatic heterocycles. The smallest absolute Gasteiger partial charge is 0.247 e. The topological polar surface area (TPSA) is 114 Å². The van der Waals surface area contributed by atoms with Crippen LogP contribution in [0.1, 0.15) is 32.1 Å². The summed E-state index contributed by atoms with van der Waals surface area (Å²) in [6.45, 7) is -0.560. The predicted octanol–water partition coefficient (Wildman–Crippen LogP) is 2.88. The lowest BCUT2D eigenvalue weighted by Gasteiger charge is -2.47. The summed E-state index contributed by atoms with van der Waals surface area (Å²) in [5.41, 5.74) is -0.602. The molecule has 7 nitrogen and oxygen atoms in total. The van der Waals surface area contributed by atoms with Gasteiger partial charge in [-0.3, -0.25) is 19.3 Å². The molecule has 1 aromatic rings. The Morgan fingerprint density at radius 2 is 1.68 bits per heavy atom. The van der Waals surface area contributed by atoms with E-state index in [4.69, 9.17) is 11.6 Å².